The van der Waals surface area contributed by atoms with Crippen LogP contribution in [0.2, 0.25) is 0 Å². The van der Waals surface area contributed by atoms with Gasteiger partial charge in [0.05, 0.1) is 32.1 Å². The van der Waals surface area contributed by atoms with Crippen LogP contribution in [-0.4, -0.2) is 41.7 Å². The maximum Gasteiger partial charge on any atom is 0.251 e. The van der Waals surface area contributed by atoms with E-state index in [1.807, 2.05) is 0 Å². The number of H-pyrrole nitrogens is 1. The number of aromatic amines is 1. The van der Waals surface area contributed by atoms with Crippen LogP contribution in [0.25, 0.3) is 0 Å². The van der Waals surface area contributed by atoms with E-state index < -0.39 is 0 Å². The van der Waals surface area contributed by atoms with Gasteiger partial charge < -0.3 is 14.5 Å². The summed E-state index contributed by atoms with van der Waals surface area (Å²) < 4.78 is 25.1. The zero-order valence-corrected chi connectivity index (χ0v) is 13.7. The minimum absolute atomic E-state index is 0.202. The van der Waals surface area contributed by atoms with Gasteiger partial charge >= 0.3 is 0 Å². The highest BCUT2D eigenvalue weighted by Crippen LogP contribution is 2.28. The zero-order valence-electron chi connectivity index (χ0n) is 13.7. The molecule has 1 aromatic heterocycles. The summed E-state index contributed by atoms with van der Waals surface area (Å²) in [6, 6.07) is 6.05. The van der Waals surface area contributed by atoms with Gasteiger partial charge in [-0.15, -0.1) is 0 Å². The first-order chi connectivity index (χ1) is 11.6. The van der Waals surface area contributed by atoms with Crippen molar-refractivity contribution in [2.75, 3.05) is 26.9 Å². The topological polar surface area (TPSA) is 67.5 Å². The summed E-state index contributed by atoms with van der Waals surface area (Å²) in [5.74, 6) is 0.747. The summed E-state index contributed by atoms with van der Waals surface area (Å²) in [6.45, 7) is 3.67. The molecule has 1 saturated heterocycles. The van der Waals surface area contributed by atoms with Crippen LogP contribution < -0.4 is 10.3 Å². The van der Waals surface area contributed by atoms with E-state index in [4.69, 9.17) is 9.47 Å². The van der Waals surface area contributed by atoms with Gasteiger partial charge in [-0.2, -0.15) is 0 Å². The lowest BCUT2D eigenvalue weighted by Crippen LogP contribution is -2.40. The van der Waals surface area contributed by atoms with E-state index in [0.29, 0.717) is 49.1 Å². The number of aromatic nitrogens is 2. The Hall–Kier alpha value is -2.25. The lowest BCUT2D eigenvalue weighted by molar-refractivity contribution is -0.0151. The molecule has 0 radical (unpaired) electrons. The molecule has 6 nitrogen and oxygen atoms in total. The van der Waals surface area contributed by atoms with Gasteiger partial charge in [0.2, 0.25) is 0 Å². The van der Waals surface area contributed by atoms with Crippen molar-refractivity contribution >= 4 is 0 Å². The van der Waals surface area contributed by atoms with Gasteiger partial charge in [-0.3, -0.25) is 9.69 Å². The number of hydrogen-bond acceptors (Lipinski definition) is 5. The first-order valence-electron chi connectivity index (χ1n) is 7.79. The lowest BCUT2D eigenvalue weighted by Gasteiger charge is -2.35. The molecule has 0 bridgehead atoms. The minimum Gasteiger partial charge on any atom is -0.496 e. The Balaban J connectivity index is 1.92. The molecular weight excluding hydrogens is 313 g/mol. The number of nitrogens with zero attached hydrogens (tertiary/aromatic N) is 2. The number of nitrogens with one attached hydrogen (secondary N) is 1. The number of rotatable bonds is 4. The monoisotopic (exact) mass is 333 g/mol. The van der Waals surface area contributed by atoms with E-state index in [1.165, 1.54) is 19.2 Å². The van der Waals surface area contributed by atoms with Crippen LogP contribution in [0.15, 0.2) is 29.1 Å². The van der Waals surface area contributed by atoms with Crippen molar-refractivity contribution < 1.29 is 13.9 Å². The standard InChI is InChI=1S/C17H20FN3O3/c1-11-19-14(8-17(22)20-11)15-10-24-7-6-21(15)9-12-13(18)4-3-5-16(12)23-2/h3-5,8,15H,6-7,9-10H2,1-2H3,(H,19,20,22). The molecule has 1 unspecified atom stereocenters. The van der Waals surface area contributed by atoms with Gasteiger partial charge in [-0.25, -0.2) is 9.37 Å². The highest BCUT2D eigenvalue weighted by Gasteiger charge is 2.28. The van der Waals surface area contributed by atoms with Crippen LogP contribution in [-0.2, 0) is 11.3 Å². The summed E-state index contributed by atoms with van der Waals surface area (Å²) in [5.41, 5.74) is 0.922. The number of morpholine rings is 1. The average molecular weight is 333 g/mol. The molecule has 1 N–H and O–H groups in total. The number of halogens is 1. The van der Waals surface area contributed by atoms with Crippen molar-refractivity contribution in [3.63, 3.8) is 0 Å². The van der Waals surface area contributed by atoms with E-state index in [2.05, 4.69) is 14.9 Å². The van der Waals surface area contributed by atoms with Gasteiger partial charge in [0.15, 0.2) is 0 Å². The summed E-state index contributed by atoms with van der Waals surface area (Å²) >= 11 is 0. The van der Waals surface area contributed by atoms with Crippen molar-refractivity contribution in [1.82, 2.24) is 14.9 Å². The van der Waals surface area contributed by atoms with Crippen molar-refractivity contribution in [2.24, 2.45) is 0 Å². The molecule has 1 aliphatic heterocycles. The third kappa shape index (κ3) is 3.47. The minimum atomic E-state index is -0.311. The Morgan fingerprint density at radius 1 is 1.50 bits per heavy atom. The number of hydrogen-bond donors (Lipinski definition) is 1. The summed E-state index contributed by atoms with van der Waals surface area (Å²) in [5, 5.41) is 0. The van der Waals surface area contributed by atoms with Crippen LogP contribution in [0.3, 0.4) is 0 Å². The molecule has 1 atom stereocenters. The Morgan fingerprint density at radius 3 is 3.08 bits per heavy atom. The Kier molecular flexibility index (Phi) is 4.92. The van der Waals surface area contributed by atoms with Crippen LogP contribution in [0.1, 0.15) is 23.1 Å². The largest absolute Gasteiger partial charge is 0.496 e. The molecule has 0 saturated carbocycles. The molecule has 2 aromatic rings. The first kappa shape index (κ1) is 16.6. The average Bonchev–Trinajstić information content (AvgIpc) is 2.56. The molecule has 0 spiro atoms. The molecule has 0 amide bonds. The van der Waals surface area contributed by atoms with Crippen LogP contribution in [0.5, 0.6) is 5.75 Å². The van der Waals surface area contributed by atoms with Crippen LogP contribution >= 0.6 is 0 Å². The van der Waals surface area contributed by atoms with Crippen LogP contribution in [0, 0.1) is 12.7 Å². The van der Waals surface area contributed by atoms with E-state index in [-0.39, 0.29) is 17.4 Å². The van der Waals surface area contributed by atoms with Crippen molar-refractivity contribution in [2.45, 2.75) is 19.5 Å². The number of methoxy groups -OCH3 is 1. The highest BCUT2D eigenvalue weighted by atomic mass is 19.1. The molecule has 1 aliphatic rings. The van der Waals surface area contributed by atoms with Crippen molar-refractivity contribution in [1.29, 1.82) is 0 Å². The number of ether oxygens (including phenoxy) is 2. The maximum atomic E-state index is 14.2. The van der Waals surface area contributed by atoms with Crippen molar-refractivity contribution in [3.8, 4) is 5.75 Å². The number of benzene rings is 1. The molecule has 24 heavy (non-hydrogen) atoms. The first-order valence-corrected chi connectivity index (χ1v) is 7.79. The lowest BCUT2D eigenvalue weighted by atomic mass is 10.1. The normalized spacial score (nSPS) is 18.5. The van der Waals surface area contributed by atoms with E-state index in [0.717, 1.165) is 0 Å². The smallest absolute Gasteiger partial charge is 0.251 e. The maximum absolute atomic E-state index is 14.2. The van der Waals surface area contributed by atoms with Gasteiger partial charge in [0.25, 0.3) is 5.56 Å². The molecule has 128 valence electrons. The fourth-order valence-corrected chi connectivity index (χ4v) is 2.96. The molecule has 7 heteroatoms. The third-order valence-electron chi connectivity index (χ3n) is 4.12. The molecule has 0 aliphatic carbocycles. The molecular formula is C17H20FN3O3. The second-order valence-corrected chi connectivity index (χ2v) is 5.74. The SMILES string of the molecule is COc1cccc(F)c1CN1CCOCC1c1cc(=O)[nH]c(C)n1. The Labute approximate surface area is 139 Å². The van der Waals surface area contributed by atoms with Crippen LogP contribution in [0.4, 0.5) is 4.39 Å². The second kappa shape index (κ2) is 7.11. The summed E-state index contributed by atoms with van der Waals surface area (Å²) in [6.07, 6.45) is 0. The molecule has 1 aromatic carbocycles. The quantitative estimate of drug-likeness (QED) is 0.924. The molecule has 3 rings (SSSR count). The number of aryl methyl sites for hydroxylation is 1. The Bertz CT molecular complexity index is 778. The van der Waals surface area contributed by atoms with Gasteiger partial charge in [-0.1, -0.05) is 6.07 Å². The van der Waals surface area contributed by atoms with E-state index >= 15 is 0 Å². The highest BCUT2D eigenvalue weighted by molar-refractivity contribution is 5.34. The molecule has 2 heterocycles. The van der Waals surface area contributed by atoms with Crippen molar-refractivity contribution in [3.05, 3.63) is 57.5 Å². The van der Waals surface area contributed by atoms with Gasteiger partial charge in [-0.05, 0) is 19.1 Å². The van der Waals surface area contributed by atoms with Gasteiger partial charge in [0.1, 0.15) is 17.4 Å². The van der Waals surface area contributed by atoms with E-state index in [9.17, 15) is 9.18 Å². The third-order valence-corrected chi connectivity index (χ3v) is 4.12. The molecule has 1 fully saturated rings. The second-order valence-electron chi connectivity index (χ2n) is 5.74. The fourth-order valence-electron chi connectivity index (χ4n) is 2.96. The summed E-state index contributed by atoms with van der Waals surface area (Å²) in [4.78, 5) is 20.8. The predicted molar refractivity (Wildman–Crippen MR) is 86.5 cm³/mol. The zero-order chi connectivity index (χ0) is 17.1. The fraction of sp³-hybridized carbons (Fsp3) is 0.412. The van der Waals surface area contributed by atoms with Gasteiger partial charge in [0, 0.05) is 24.7 Å². The predicted octanol–water partition coefficient (Wildman–Crippen LogP) is 1.80. The van der Waals surface area contributed by atoms with E-state index in [1.54, 1.807) is 19.1 Å². The Morgan fingerprint density at radius 2 is 2.33 bits per heavy atom. The summed E-state index contributed by atoms with van der Waals surface area (Å²) in [7, 11) is 1.52.